The zero-order valence-corrected chi connectivity index (χ0v) is 19.8. The number of sulfonamides is 1. The quantitative estimate of drug-likeness (QED) is 0.637. The smallest absolute Gasteiger partial charge is 0.243 e. The van der Waals surface area contributed by atoms with Gasteiger partial charge in [-0.3, -0.25) is 4.79 Å². The first-order chi connectivity index (χ1) is 16.4. The fourth-order valence-electron chi connectivity index (χ4n) is 4.41. The lowest BCUT2D eigenvalue weighted by atomic mass is 9.96. The zero-order chi connectivity index (χ0) is 24.1. The molecule has 0 unspecified atom stereocenters. The minimum atomic E-state index is -3.94. The molecule has 0 radical (unpaired) electrons. The molecule has 0 aliphatic carbocycles. The Morgan fingerprint density at radius 2 is 1.94 bits per heavy atom. The molecule has 2 fully saturated rings. The second-order valence-corrected chi connectivity index (χ2v) is 10.4. The molecule has 0 spiro atoms. The summed E-state index contributed by atoms with van der Waals surface area (Å²) in [5.74, 6) is 0.260. The third-order valence-electron chi connectivity index (χ3n) is 6.05. The lowest BCUT2D eigenvalue weighted by Gasteiger charge is -2.43. The summed E-state index contributed by atoms with van der Waals surface area (Å²) in [4.78, 5) is 12.6. The molecule has 2 saturated heterocycles. The van der Waals surface area contributed by atoms with Gasteiger partial charge in [-0.2, -0.15) is 4.31 Å². The molecule has 2 aromatic carbocycles. The fourth-order valence-corrected chi connectivity index (χ4v) is 6.16. The zero-order valence-electron chi connectivity index (χ0n) is 19.0. The van der Waals surface area contributed by atoms with Crippen LogP contribution in [-0.2, 0) is 24.3 Å². The molecule has 2 N–H and O–H groups in total. The molecular formula is C24H30N2O7S. The molecule has 2 aromatic rings. The Morgan fingerprint density at radius 1 is 1.15 bits per heavy atom. The molecule has 0 aromatic heterocycles. The number of carbonyl (C=O) groups is 1. The summed E-state index contributed by atoms with van der Waals surface area (Å²) in [5.41, 5.74) is 0.708. The van der Waals surface area contributed by atoms with Gasteiger partial charge in [-0.15, -0.1) is 0 Å². The number of carbonyl (C=O) groups excluding carboxylic acids is 1. The van der Waals surface area contributed by atoms with Gasteiger partial charge in [-0.25, -0.2) is 8.42 Å². The first-order valence-electron chi connectivity index (χ1n) is 11.3. The monoisotopic (exact) mass is 490 g/mol. The maximum atomic E-state index is 13.6. The van der Waals surface area contributed by atoms with Crippen LogP contribution in [0.2, 0.25) is 0 Å². The van der Waals surface area contributed by atoms with Gasteiger partial charge >= 0.3 is 0 Å². The molecule has 4 atom stereocenters. The highest BCUT2D eigenvalue weighted by Crippen LogP contribution is 2.32. The second kappa shape index (κ2) is 10.8. The van der Waals surface area contributed by atoms with Crippen molar-refractivity contribution in [3.05, 3.63) is 54.6 Å². The van der Waals surface area contributed by atoms with Crippen molar-refractivity contribution in [2.24, 2.45) is 0 Å². The number of para-hydroxylation sites is 1. The highest BCUT2D eigenvalue weighted by Gasteiger charge is 2.43. The number of β-amino-alcohol motifs (C(OH)–C–C–N with tert-alkyl or cyclic N) is 1. The second-order valence-electron chi connectivity index (χ2n) is 8.50. The number of anilines is 1. The van der Waals surface area contributed by atoms with Gasteiger partial charge < -0.3 is 24.6 Å². The van der Waals surface area contributed by atoms with E-state index in [9.17, 15) is 18.3 Å². The Balaban J connectivity index is 1.50. The first kappa shape index (κ1) is 24.6. The normalized spacial score (nSPS) is 26.1. The summed E-state index contributed by atoms with van der Waals surface area (Å²) >= 11 is 0. The molecule has 2 aliphatic heterocycles. The van der Waals surface area contributed by atoms with Gasteiger partial charge in [0.2, 0.25) is 15.9 Å². The highest BCUT2D eigenvalue weighted by molar-refractivity contribution is 7.89. The third-order valence-corrected chi connectivity index (χ3v) is 7.94. The average Bonchev–Trinajstić information content (AvgIpc) is 2.82. The number of amides is 1. The Kier molecular flexibility index (Phi) is 7.84. The number of hydrogen-bond acceptors (Lipinski definition) is 7. The van der Waals surface area contributed by atoms with E-state index in [1.807, 2.05) is 30.3 Å². The van der Waals surface area contributed by atoms with E-state index >= 15 is 0 Å². The van der Waals surface area contributed by atoms with E-state index in [-0.39, 0.29) is 43.1 Å². The van der Waals surface area contributed by atoms with Crippen molar-refractivity contribution in [3.63, 3.8) is 0 Å². The number of nitrogens with zero attached hydrogens (tertiary/aromatic N) is 1. The van der Waals surface area contributed by atoms with E-state index in [1.54, 1.807) is 12.1 Å². The number of aliphatic hydroxyl groups excluding tert-OH is 1. The number of rotatable bonds is 6. The molecule has 10 heteroatoms. The lowest BCUT2D eigenvalue weighted by Crippen LogP contribution is -2.57. The topological polar surface area (TPSA) is 114 Å². The van der Waals surface area contributed by atoms with Crippen molar-refractivity contribution in [3.8, 4) is 5.75 Å². The standard InChI is InChI=1S/C24H30N2O7S/c1-31-19-8-5-9-21(12-19)34(29,30)26-14-18(27)15-32-16-23-22(26)11-10-20(33-23)13-24(28)25-17-6-3-2-4-7-17/h2-9,12,18,20,22-23,27H,10-11,13-16H2,1H3,(H,25,28)/t18-,20-,22-,23+/m1/s1. The van der Waals surface area contributed by atoms with Gasteiger partial charge in [-0.05, 0) is 37.1 Å². The van der Waals surface area contributed by atoms with E-state index in [0.717, 1.165) is 0 Å². The van der Waals surface area contributed by atoms with Crippen molar-refractivity contribution in [2.75, 3.05) is 32.2 Å². The minimum absolute atomic E-state index is 0.00410. The Hall–Kier alpha value is -2.50. The van der Waals surface area contributed by atoms with E-state index in [4.69, 9.17) is 14.2 Å². The van der Waals surface area contributed by atoms with Crippen molar-refractivity contribution in [1.82, 2.24) is 4.31 Å². The molecule has 2 heterocycles. The van der Waals surface area contributed by atoms with Crippen LogP contribution < -0.4 is 10.1 Å². The van der Waals surface area contributed by atoms with Crippen LogP contribution in [0.15, 0.2) is 59.5 Å². The Bertz CT molecular complexity index is 1080. The van der Waals surface area contributed by atoms with Crippen molar-refractivity contribution < 1.29 is 32.5 Å². The number of methoxy groups -OCH3 is 1. The maximum Gasteiger partial charge on any atom is 0.243 e. The summed E-state index contributed by atoms with van der Waals surface area (Å²) in [7, 11) is -2.47. The molecule has 184 valence electrons. The maximum absolute atomic E-state index is 13.6. The number of nitrogens with one attached hydrogen (secondary N) is 1. The van der Waals surface area contributed by atoms with Crippen molar-refractivity contribution in [2.45, 2.75) is 48.5 Å². The Labute approximate surface area is 199 Å². The third kappa shape index (κ3) is 5.76. The predicted octanol–water partition coefficient (Wildman–Crippen LogP) is 2.02. The van der Waals surface area contributed by atoms with Crippen LogP contribution in [0.25, 0.3) is 0 Å². The van der Waals surface area contributed by atoms with E-state index < -0.39 is 28.3 Å². The van der Waals surface area contributed by atoms with Crippen LogP contribution in [-0.4, -0.2) is 75.0 Å². The summed E-state index contributed by atoms with van der Waals surface area (Å²) in [6, 6.07) is 14.9. The number of ether oxygens (including phenoxy) is 3. The van der Waals surface area contributed by atoms with E-state index in [1.165, 1.54) is 23.5 Å². The van der Waals surface area contributed by atoms with Gasteiger partial charge in [0.25, 0.3) is 0 Å². The predicted molar refractivity (Wildman–Crippen MR) is 125 cm³/mol. The molecule has 2 aliphatic rings. The molecule has 1 amide bonds. The van der Waals surface area contributed by atoms with Gasteiger partial charge in [0, 0.05) is 18.3 Å². The highest BCUT2D eigenvalue weighted by atomic mass is 32.2. The van der Waals surface area contributed by atoms with Crippen LogP contribution in [0.1, 0.15) is 19.3 Å². The van der Waals surface area contributed by atoms with Gasteiger partial charge in [0.1, 0.15) is 5.75 Å². The number of aliphatic hydroxyl groups is 1. The molecular weight excluding hydrogens is 460 g/mol. The minimum Gasteiger partial charge on any atom is -0.497 e. The molecule has 34 heavy (non-hydrogen) atoms. The summed E-state index contributed by atoms with van der Waals surface area (Å²) in [6.07, 6.45) is -0.744. The molecule has 0 bridgehead atoms. The molecule has 9 nitrogen and oxygen atoms in total. The van der Waals surface area contributed by atoms with Crippen LogP contribution >= 0.6 is 0 Å². The van der Waals surface area contributed by atoms with Crippen LogP contribution in [0.5, 0.6) is 5.75 Å². The van der Waals surface area contributed by atoms with E-state index in [2.05, 4.69) is 5.32 Å². The Morgan fingerprint density at radius 3 is 2.71 bits per heavy atom. The summed E-state index contributed by atoms with van der Waals surface area (Å²) in [6.45, 7) is 0.0156. The number of hydrogen-bond donors (Lipinski definition) is 2. The van der Waals surface area contributed by atoms with Gasteiger partial charge in [0.05, 0.1) is 56.0 Å². The van der Waals surface area contributed by atoms with Crippen LogP contribution in [0.3, 0.4) is 0 Å². The van der Waals surface area contributed by atoms with Crippen molar-refractivity contribution >= 4 is 21.6 Å². The van der Waals surface area contributed by atoms with Crippen molar-refractivity contribution in [1.29, 1.82) is 0 Å². The van der Waals surface area contributed by atoms with Gasteiger partial charge in [0.15, 0.2) is 0 Å². The first-order valence-corrected chi connectivity index (χ1v) is 12.7. The summed E-state index contributed by atoms with van der Waals surface area (Å²) < 4.78 is 45.4. The average molecular weight is 491 g/mol. The number of fused-ring (bicyclic) bond motifs is 1. The lowest BCUT2D eigenvalue weighted by molar-refractivity contribution is -0.144. The van der Waals surface area contributed by atoms with E-state index in [0.29, 0.717) is 24.3 Å². The van der Waals surface area contributed by atoms with Crippen LogP contribution in [0.4, 0.5) is 5.69 Å². The molecule has 4 rings (SSSR count). The van der Waals surface area contributed by atoms with Gasteiger partial charge in [-0.1, -0.05) is 24.3 Å². The SMILES string of the molecule is COc1cccc(S(=O)(=O)N2C[C@@H](O)COC[C@@H]3O[C@@H](CC(=O)Nc4ccccc4)CC[C@H]32)c1. The van der Waals surface area contributed by atoms with Crippen LogP contribution in [0, 0.1) is 0 Å². The molecule has 0 saturated carbocycles. The summed E-state index contributed by atoms with van der Waals surface area (Å²) in [5, 5.41) is 13.2. The largest absolute Gasteiger partial charge is 0.497 e. The number of benzene rings is 2. The fraction of sp³-hybridized carbons (Fsp3) is 0.458.